The lowest BCUT2D eigenvalue weighted by atomic mass is 9.95. The Morgan fingerprint density at radius 2 is 1.86 bits per heavy atom. The summed E-state index contributed by atoms with van der Waals surface area (Å²) in [6.45, 7) is 0.0547. The molecule has 1 saturated heterocycles. The van der Waals surface area contributed by atoms with E-state index < -0.39 is 40.8 Å². The molecular weight excluding hydrogens is 409 g/mol. The van der Waals surface area contributed by atoms with Gasteiger partial charge in [-0.2, -0.15) is 18.4 Å². The number of urea groups is 1. The molecule has 1 aliphatic rings. The van der Waals surface area contributed by atoms with Gasteiger partial charge >= 0.3 is 12.2 Å². The number of carbonyl (C=O) groups excluding carboxylic acids is 2. The van der Waals surface area contributed by atoms with Crippen LogP contribution in [-0.4, -0.2) is 24.5 Å². The molecule has 150 valence electrons. The second-order valence-corrected chi connectivity index (χ2v) is 6.73. The maximum absolute atomic E-state index is 13.3. The number of nitrogens with zero attached hydrogens (tertiary/aromatic N) is 1. The van der Waals surface area contributed by atoms with Gasteiger partial charge in [-0.15, -0.1) is 0 Å². The van der Waals surface area contributed by atoms with Crippen LogP contribution in [0.3, 0.4) is 0 Å². The van der Waals surface area contributed by atoms with E-state index >= 15 is 0 Å². The van der Waals surface area contributed by atoms with Crippen molar-refractivity contribution in [2.45, 2.75) is 18.3 Å². The molecule has 2 aromatic rings. The predicted octanol–water partition coefficient (Wildman–Crippen LogP) is 3.12. The average molecular weight is 423 g/mol. The molecule has 10 heteroatoms. The average Bonchev–Trinajstić information content (AvgIpc) is 3.12. The fourth-order valence-corrected chi connectivity index (χ4v) is 3.13. The maximum atomic E-state index is 13.3. The normalized spacial score (nSPS) is 17.1. The highest BCUT2D eigenvalue weighted by molar-refractivity contribution is 6.31. The molecule has 29 heavy (non-hydrogen) atoms. The third-order valence-corrected chi connectivity index (χ3v) is 4.71. The van der Waals surface area contributed by atoms with Crippen molar-refractivity contribution in [3.63, 3.8) is 0 Å². The fraction of sp³-hybridized carbons (Fsp3) is 0.211. The topological polar surface area (TPSA) is 94.0 Å². The van der Waals surface area contributed by atoms with E-state index in [-0.39, 0.29) is 12.1 Å². The fourth-order valence-electron chi connectivity index (χ4n) is 2.91. The van der Waals surface area contributed by atoms with E-state index in [1.165, 1.54) is 30.3 Å². The van der Waals surface area contributed by atoms with Crippen LogP contribution >= 0.6 is 11.6 Å². The largest absolute Gasteiger partial charge is 0.417 e. The summed E-state index contributed by atoms with van der Waals surface area (Å²) in [6.07, 6.45) is -4.67. The lowest BCUT2D eigenvalue weighted by molar-refractivity contribution is -0.137. The van der Waals surface area contributed by atoms with Crippen LogP contribution in [0.4, 0.5) is 18.0 Å². The molecule has 0 bridgehead atoms. The van der Waals surface area contributed by atoms with Crippen LogP contribution in [0.15, 0.2) is 42.5 Å². The number of amides is 3. The quantitative estimate of drug-likeness (QED) is 0.706. The Morgan fingerprint density at radius 3 is 2.41 bits per heavy atom. The molecule has 3 rings (SSSR count). The van der Waals surface area contributed by atoms with Gasteiger partial charge in [-0.3, -0.25) is 4.79 Å². The van der Waals surface area contributed by atoms with Crippen LogP contribution in [-0.2, 0) is 11.0 Å². The summed E-state index contributed by atoms with van der Waals surface area (Å²) in [6, 6.07) is 9.06. The van der Waals surface area contributed by atoms with E-state index in [0.717, 1.165) is 12.1 Å². The molecule has 2 atom stereocenters. The van der Waals surface area contributed by atoms with Crippen molar-refractivity contribution >= 4 is 23.5 Å². The van der Waals surface area contributed by atoms with Crippen LogP contribution < -0.4 is 16.0 Å². The van der Waals surface area contributed by atoms with Gasteiger partial charge in [0.2, 0.25) is 5.91 Å². The predicted molar refractivity (Wildman–Crippen MR) is 97.9 cm³/mol. The third kappa shape index (κ3) is 4.60. The van der Waals surface area contributed by atoms with Crippen molar-refractivity contribution in [1.29, 1.82) is 5.26 Å². The summed E-state index contributed by atoms with van der Waals surface area (Å²) in [4.78, 5) is 23.8. The lowest BCUT2D eigenvalue weighted by Crippen LogP contribution is -2.44. The number of nitriles is 1. The Morgan fingerprint density at radius 1 is 1.21 bits per heavy atom. The Bertz CT molecular complexity index is 986. The van der Waals surface area contributed by atoms with Gasteiger partial charge in [0.05, 0.1) is 28.3 Å². The molecule has 0 unspecified atom stereocenters. The minimum atomic E-state index is -4.67. The molecule has 0 saturated carbocycles. The highest BCUT2D eigenvalue weighted by atomic mass is 35.5. The molecule has 0 aromatic heterocycles. The summed E-state index contributed by atoms with van der Waals surface area (Å²) in [7, 11) is 0. The standard InChI is InChI=1S/C19H14ClF3N4O2/c20-14-6-5-12(7-13(14)19(21,22)23)16(11-3-1-10(8-24)2-4-11)27-17(28)15-9-25-18(29)26-15/h1-7,15-16H,9H2,(H,27,28)(H2,25,26,29)/t15-,16+/m0/s1. The third-order valence-electron chi connectivity index (χ3n) is 4.38. The van der Waals surface area contributed by atoms with Gasteiger partial charge < -0.3 is 16.0 Å². The summed E-state index contributed by atoms with van der Waals surface area (Å²) in [5, 5.41) is 16.0. The molecule has 6 nitrogen and oxygen atoms in total. The number of hydrogen-bond donors (Lipinski definition) is 3. The molecule has 3 N–H and O–H groups in total. The molecular formula is C19H14ClF3N4O2. The maximum Gasteiger partial charge on any atom is 0.417 e. The first-order valence-corrected chi connectivity index (χ1v) is 8.78. The van der Waals surface area contributed by atoms with Crippen LogP contribution in [0.1, 0.15) is 28.3 Å². The number of carbonyl (C=O) groups is 2. The molecule has 1 aliphatic heterocycles. The first-order chi connectivity index (χ1) is 13.7. The zero-order valence-electron chi connectivity index (χ0n) is 14.7. The smallest absolute Gasteiger partial charge is 0.343 e. The molecule has 1 fully saturated rings. The van der Waals surface area contributed by atoms with E-state index in [4.69, 9.17) is 16.9 Å². The van der Waals surface area contributed by atoms with Crippen molar-refractivity contribution in [2.75, 3.05) is 6.54 Å². The van der Waals surface area contributed by atoms with Crippen LogP contribution in [0.2, 0.25) is 5.02 Å². The number of halogens is 4. The van der Waals surface area contributed by atoms with E-state index in [0.29, 0.717) is 11.1 Å². The monoisotopic (exact) mass is 422 g/mol. The number of nitrogens with one attached hydrogen (secondary N) is 3. The van der Waals surface area contributed by atoms with E-state index in [2.05, 4.69) is 16.0 Å². The highest BCUT2D eigenvalue weighted by Gasteiger charge is 2.35. The Balaban J connectivity index is 1.99. The van der Waals surface area contributed by atoms with Gasteiger partial charge in [0.15, 0.2) is 0 Å². The van der Waals surface area contributed by atoms with Gasteiger partial charge in [-0.1, -0.05) is 29.8 Å². The van der Waals surface area contributed by atoms with E-state index in [9.17, 15) is 22.8 Å². The zero-order valence-corrected chi connectivity index (χ0v) is 15.4. The lowest BCUT2D eigenvalue weighted by Gasteiger charge is -2.23. The van der Waals surface area contributed by atoms with Crippen LogP contribution in [0, 0.1) is 11.3 Å². The molecule has 1 heterocycles. The summed E-state index contributed by atoms with van der Waals surface area (Å²) in [5.41, 5.74) is -0.0549. The van der Waals surface area contributed by atoms with Crippen LogP contribution in [0.25, 0.3) is 0 Å². The first-order valence-electron chi connectivity index (χ1n) is 8.40. The minimum absolute atomic E-state index is 0.0547. The van der Waals surface area contributed by atoms with Crippen molar-refractivity contribution in [2.24, 2.45) is 0 Å². The number of hydrogen-bond acceptors (Lipinski definition) is 3. The molecule has 2 aromatic carbocycles. The molecule has 0 aliphatic carbocycles. The molecule has 0 spiro atoms. The van der Waals surface area contributed by atoms with Crippen molar-refractivity contribution < 1.29 is 22.8 Å². The van der Waals surface area contributed by atoms with Crippen LogP contribution in [0.5, 0.6) is 0 Å². The highest BCUT2D eigenvalue weighted by Crippen LogP contribution is 2.37. The SMILES string of the molecule is N#Cc1ccc([C@@H](NC(=O)[C@@H]2CNC(=O)N2)c2ccc(Cl)c(C(F)(F)F)c2)cc1. The van der Waals surface area contributed by atoms with Crippen molar-refractivity contribution in [3.8, 4) is 6.07 Å². The summed E-state index contributed by atoms with van der Waals surface area (Å²) < 4.78 is 39.8. The van der Waals surface area contributed by atoms with Gasteiger partial charge in [-0.05, 0) is 35.4 Å². The Kier molecular flexibility index (Phi) is 5.66. The van der Waals surface area contributed by atoms with Gasteiger partial charge in [0, 0.05) is 6.54 Å². The van der Waals surface area contributed by atoms with Gasteiger partial charge in [-0.25, -0.2) is 4.79 Å². The second-order valence-electron chi connectivity index (χ2n) is 6.32. The second kappa shape index (κ2) is 8.01. The first kappa shape index (κ1) is 20.5. The zero-order chi connectivity index (χ0) is 21.2. The summed E-state index contributed by atoms with van der Waals surface area (Å²) >= 11 is 5.70. The van der Waals surface area contributed by atoms with Crippen molar-refractivity contribution in [3.05, 3.63) is 69.7 Å². The van der Waals surface area contributed by atoms with Crippen molar-refractivity contribution in [1.82, 2.24) is 16.0 Å². The summed E-state index contributed by atoms with van der Waals surface area (Å²) in [5.74, 6) is -0.568. The van der Waals surface area contributed by atoms with Gasteiger partial charge in [0.1, 0.15) is 6.04 Å². The molecule has 3 amide bonds. The number of alkyl halides is 3. The van der Waals surface area contributed by atoms with E-state index in [1.807, 2.05) is 6.07 Å². The minimum Gasteiger partial charge on any atom is -0.343 e. The molecule has 0 radical (unpaired) electrons. The Hall–Kier alpha value is -3.25. The van der Waals surface area contributed by atoms with Gasteiger partial charge in [0.25, 0.3) is 0 Å². The Labute approximate surface area is 168 Å². The number of benzene rings is 2. The van der Waals surface area contributed by atoms with E-state index in [1.54, 1.807) is 0 Å². The number of rotatable bonds is 4.